The van der Waals surface area contributed by atoms with E-state index in [0.717, 1.165) is 22.0 Å². The molecule has 106 valence electrons. The first kappa shape index (κ1) is 13.6. The van der Waals surface area contributed by atoms with Gasteiger partial charge >= 0.3 is 0 Å². The van der Waals surface area contributed by atoms with Gasteiger partial charge in [0.2, 0.25) is 0 Å². The molecule has 2 N–H and O–H groups in total. The van der Waals surface area contributed by atoms with Crippen molar-refractivity contribution in [2.75, 3.05) is 5.73 Å². The Morgan fingerprint density at radius 2 is 1.67 bits per heavy atom. The third kappa shape index (κ3) is 2.47. The molecule has 3 rings (SSSR count). The van der Waals surface area contributed by atoms with Crippen molar-refractivity contribution in [3.8, 4) is 11.1 Å². The first-order chi connectivity index (χ1) is 9.97. The van der Waals surface area contributed by atoms with Gasteiger partial charge in [-0.1, -0.05) is 51.1 Å². The highest BCUT2D eigenvalue weighted by atomic mass is 14.9. The fraction of sp³-hybridized carbons (Fsp3) is 0.222. The summed E-state index contributed by atoms with van der Waals surface area (Å²) < 4.78 is 0. The van der Waals surface area contributed by atoms with Crippen molar-refractivity contribution in [2.24, 2.45) is 0 Å². The molecule has 0 saturated carbocycles. The van der Waals surface area contributed by atoms with Gasteiger partial charge in [0.05, 0.1) is 0 Å². The average Bonchev–Trinajstić information content (AvgIpc) is 2.47. The summed E-state index contributed by atoms with van der Waals surface area (Å²) in [5.74, 6) is 0.473. The molecule has 0 saturated heterocycles. The van der Waals surface area contributed by atoms with E-state index in [1.54, 1.807) is 6.20 Å². The number of hydrogen-bond donors (Lipinski definition) is 1. The number of hydrogen-bond acceptors (Lipinski definition) is 3. The van der Waals surface area contributed by atoms with E-state index < -0.39 is 0 Å². The predicted molar refractivity (Wildman–Crippen MR) is 88.1 cm³/mol. The molecule has 2 heterocycles. The molecular weight excluding hydrogens is 258 g/mol. The number of aromatic nitrogens is 2. The van der Waals surface area contributed by atoms with E-state index >= 15 is 0 Å². The second-order valence-corrected chi connectivity index (χ2v) is 6.28. The number of anilines is 1. The van der Waals surface area contributed by atoms with Crippen molar-refractivity contribution in [3.63, 3.8) is 0 Å². The Kier molecular flexibility index (Phi) is 3.13. The molecule has 0 aliphatic rings. The van der Waals surface area contributed by atoms with Gasteiger partial charge in [0.25, 0.3) is 0 Å². The van der Waals surface area contributed by atoms with Crippen LogP contribution in [-0.2, 0) is 5.41 Å². The minimum atomic E-state index is 0.154. The monoisotopic (exact) mass is 277 g/mol. The van der Waals surface area contributed by atoms with Crippen LogP contribution in [-0.4, -0.2) is 9.97 Å². The van der Waals surface area contributed by atoms with E-state index in [4.69, 9.17) is 5.73 Å². The smallest absolute Gasteiger partial charge is 0.149 e. The van der Waals surface area contributed by atoms with Crippen LogP contribution in [0.15, 0.2) is 48.8 Å². The van der Waals surface area contributed by atoms with E-state index in [2.05, 4.69) is 55.0 Å². The van der Waals surface area contributed by atoms with Crippen LogP contribution in [0.1, 0.15) is 26.3 Å². The number of rotatable bonds is 1. The lowest BCUT2D eigenvalue weighted by Gasteiger charge is -2.19. The molecule has 0 fully saturated rings. The van der Waals surface area contributed by atoms with Crippen LogP contribution in [0.3, 0.4) is 0 Å². The van der Waals surface area contributed by atoms with Crippen molar-refractivity contribution >= 4 is 16.7 Å². The predicted octanol–water partition coefficient (Wildman–Crippen LogP) is 4.18. The Labute approximate surface area is 124 Å². The summed E-state index contributed by atoms with van der Waals surface area (Å²) in [5.41, 5.74) is 10.3. The Hall–Kier alpha value is -2.42. The zero-order valence-corrected chi connectivity index (χ0v) is 12.6. The van der Waals surface area contributed by atoms with Crippen LogP contribution in [0.25, 0.3) is 22.0 Å². The highest BCUT2D eigenvalue weighted by Crippen LogP contribution is 2.31. The molecule has 0 radical (unpaired) electrons. The van der Waals surface area contributed by atoms with Gasteiger partial charge < -0.3 is 5.73 Å². The molecular formula is C18H19N3. The van der Waals surface area contributed by atoms with E-state index in [9.17, 15) is 0 Å². The number of pyridine rings is 2. The fourth-order valence-electron chi connectivity index (χ4n) is 2.47. The zero-order chi connectivity index (χ0) is 15.0. The topological polar surface area (TPSA) is 51.8 Å². The van der Waals surface area contributed by atoms with Gasteiger partial charge in [-0.3, -0.25) is 4.98 Å². The molecule has 21 heavy (non-hydrogen) atoms. The Balaban J connectivity index is 2.15. The summed E-state index contributed by atoms with van der Waals surface area (Å²) in [6, 6.07) is 12.6. The molecule has 2 aromatic heterocycles. The lowest BCUT2D eigenvalue weighted by atomic mass is 9.86. The molecule has 0 spiro atoms. The Morgan fingerprint density at radius 1 is 0.952 bits per heavy atom. The number of fused-ring (bicyclic) bond motifs is 1. The SMILES string of the molecule is CC(C)(C)c1ccc(-c2cnc(N)c3ncccc23)cc1. The van der Waals surface area contributed by atoms with Crippen molar-refractivity contribution in [3.05, 3.63) is 54.4 Å². The van der Waals surface area contributed by atoms with Crippen LogP contribution in [0.2, 0.25) is 0 Å². The first-order valence-corrected chi connectivity index (χ1v) is 7.07. The van der Waals surface area contributed by atoms with Crippen LogP contribution in [0.4, 0.5) is 5.82 Å². The van der Waals surface area contributed by atoms with Gasteiger partial charge in [0, 0.05) is 23.3 Å². The van der Waals surface area contributed by atoms with Crippen molar-refractivity contribution in [1.82, 2.24) is 9.97 Å². The minimum absolute atomic E-state index is 0.154. The summed E-state index contributed by atoms with van der Waals surface area (Å²) in [6.07, 6.45) is 3.57. The van der Waals surface area contributed by atoms with Gasteiger partial charge in [-0.15, -0.1) is 0 Å². The summed E-state index contributed by atoms with van der Waals surface area (Å²) >= 11 is 0. The number of nitrogen functional groups attached to an aromatic ring is 1. The normalized spacial score (nSPS) is 11.8. The lowest BCUT2D eigenvalue weighted by Crippen LogP contribution is -2.10. The second kappa shape index (κ2) is 4.85. The highest BCUT2D eigenvalue weighted by molar-refractivity contribution is 5.98. The maximum atomic E-state index is 5.91. The van der Waals surface area contributed by atoms with Crippen LogP contribution < -0.4 is 5.73 Å². The molecule has 3 heteroatoms. The number of benzene rings is 1. The molecule has 3 nitrogen and oxygen atoms in total. The molecule has 0 unspecified atom stereocenters. The molecule has 0 amide bonds. The van der Waals surface area contributed by atoms with Gasteiger partial charge in [0.15, 0.2) is 0 Å². The van der Waals surface area contributed by atoms with Gasteiger partial charge in [-0.25, -0.2) is 4.98 Å². The highest BCUT2D eigenvalue weighted by Gasteiger charge is 2.14. The van der Waals surface area contributed by atoms with E-state index in [0.29, 0.717) is 5.82 Å². The molecule has 0 bridgehead atoms. The average molecular weight is 277 g/mol. The van der Waals surface area contributed by atoms with E-state index in [-0.39, 0.29) is 5.41 Å². The Bertz CT molecular complexity index is 784. The van der Waals surface area contributed by atoms with Gasteiger partial charge in [0.1, 0.15) is 11.3 Å². The van der Waals surface area contributed by atoms with Gasteiger partial charge in [-0.2, -0.15) is 0 Å². The quantitative estimate of drug-likeness (QED) is 0.726. The second-order valence-electron chi connectivity index (χ2n) is 6.28. The first-order valence-electron chi connectivity index (χ1n) is 7.07. The maximum Gasteiger partial charge on any atom is 0.149 e. The third-order valence-electron chi connectivity index (χ3n) is 3.74. The minimum Gasteiger partial charge on any atom is -0.382 e. The van der Waals surface area contributed by atoms with E-state index in [1.165, 1.54) is 5.56 Å². The molecule has 0 aliphatic carbocycles. The van der Waals surface area contributed by atoms with Crippen LogP contribution in [0, 0.1) is 0 Å². The molecule has 1 aromatic carbocycles. The van der Waals surface area contributed by atoms with Crippen LogP contribution in [0.5, 0.6) is 0 Å². The number of nitrogens with zero attached hydrogens (tertiary/aromatic N) is 2. The largest absolute Gasteiger partial charge is 0.382 e. The van der Waals surface area contributed by atoms with Gasteiger partial charge in [-0.05, 0) is 22.6 Å². The molecule has 0 aliphatic heterocycles. The van der Waals surface area contributed by atoms with Crippen molar-refractivity contribution < 1.29 is 0 Å². The fourth-order valence-corrected chi connectivity index (χ4v) is 2.47. The Morgan fingerprint density at radius 3 is 2.33 bits per heavy atom. The van der Waals surface area contributed by atoms with Crippen molar-refractivity contribution in [2.45, 2.75) is 26.2 Å². The number of nitrogens with two attached hydrogens (primary N) is 1. The van der Waals surface area contributed by atoms with Crippen LogP contribution >= 0.6 is 0 Å². The molecule has 3 aromatic rings. The lowest BCUT2D eigenvalue weighted by molar-refractivity contribution is 0.590. The summed E-state index contributed by atoms with van der Waals surface area (Å²) in [4.78, 5) is 8.61. The zero-order valence-electron chi connectivity index (χ0n) is 12.6. The summed E-state index contributed by atoms with van der Waals surface area (Å²) in [5, 5.41) is 1.04. The maximum absolute atomic E-state index is 5.91. The standard InChI is InChI=1S/C18H19N3/c1-18(2,3)13-8-6-12(7-9-13)15-11-21-17(19)16-14(15)5-4-10-20-16/h4-11H,1-3H3,(H2,19,21). The third-order valence-corrected chi connectivity index (χ3v) is 3.74. The summed E-state index contributed by atoms with van der Waals surface area (Å²) in [6.45, 7) is 6.64. The van der Waals surface area contributed by atoms with Crippen molar-refractivity contribution in [1.29, 1.82) is 0 Å². The molecule has 0 atom stereocenters. The van der Waals surface area contributed by atoms with E-state index in [1.807, 2.05) is 18.3 Å². The summed E-state index contributed by atoms with van der Waals surface area (Å²) in [7, 11) is 0.